The van der Waals surface area contributed by atoms with Gasteiger partial charge in [0.2, 0.25) is 11.8 Å². The molecule has 7 nitrogen and oxygen atoms in total. The van der Waals surface area contributed by atoms with Crippen LogP contribution in [-0.2, 0) is 6.54 Å². The van der Waals surface area contributed by atoms with E-state index in [1.165, 1.54) is 17.4 Å². The van der Waals surface area contributed by atoms with Gasteiger partial charge >= 0.3 is 0 Å². The zero-order chi connectivity index (χ0) is 24.0. The summed E-state index contributed by atoms with van der Waals surface area (Å²) < 4.78 is 5.80. The molecular weight excluding hydrogens is 460 g/mol. The topological polar surface area (TPSA) is 79.5 Å². The molecule has 0 radical (unpaired) electrons. The van der Waals surface area contributed by atoms with E-state index in [0.29, 0.717) is 22.4 Å². The Hall–Kier alpha value is -3.81. The van der Waals surface area contributed by atoms with Gasteiger partial charge < -0.3 is 20.7 Å². The fraction of sp³-hybridized carbons (Fsp3) is 0.185. The molecular formula is C27H27ClN6O. The number of aromatic nitrogens is 2. The molecule has 3 aromatic carbocycles. The van der Waals surface area contributed by atoms with E-state index in [9.17, 15) is 0 Å². The van der Waals surface area contributed by atoms with Crippen molar-refractivity contribution in [2.45, 2.75) is 6.54 Å². The molecule has 178 valence electrons. The maximum absolute atomic E-state index is 6.23. The van der Waals surface area contributed by atoms with Crippen molar-refractivity contribution in [3.05, 3.63) is 95.6 Å². The second-order valence-corrected chi connectivity index (χ2v) is 8.85. The van der Waals surface area contributed by atoms with Gasteiger partial charge in [0.1, 0.15) is 10.8 Å². The minimum absolute atomic E-state index is 0.264. The molecule has 0 aliphatic carbocycles. The standard InChI is InChI=1S/C27H27ClN6O/c28-25-18-30-27(32-26(25)35-24-8-4-7-21(29)17-24)31-22-9-11-23(12-10-22)34-15-13-33(14-16-34)19-20-5-2-1-3-6-20/h1-12,17-18H,13-16,19,29H2,(H,30,31,32). The maximum Gasteiger partial charge on any atom is 0.243 e. The van der Waals surface area contributed by atoms with Crippen LogP contribution in [0.1, 0.15) is 5.56 Å². The first kappa shape index (κ1) is 23.0. The van der Waals surface area contributed by atoms with Crippen molar-refractivity contribution in [3.8, 4) is 11.6 Å². The van der Waals surface area contributed by atoms with Gasteiger partial charge in [-0.05, 0) is 42.0 Å². The van der Waals surface area contributed by atoms with Crippen LogP contribution in [0.2, 0.25) is 5.02 Å². The summed E-state index contributed by atoms with van der Waals surface area (Å²) in [6, 6.07) is 26.0. The highest BCUT2D eigenvalue weighted by Crippen LogP contribution is 2.29. The number of anilines is 4. The first-order valence-electron chi connectivity index (χ1n) is 11.6. The third kappa shape index (κ3) is 6.01. The first-order valence-corrected chi connectivity index (χ1v) is 11.9. The molecule has 2 heterocycles. The van der Waals surface area contributed by atoms with E-state index in [4.69, 9.17) is 22.1 Å². The molecule has 1 fully saturated rings. The van der Waals surface area contributed by atoms with Crippen LogP contribution in [-0.4, -0.2) is 41.0 Å². The van der Waals surface area contributed by atoms with E-state index in [-0.39, 0.29) is 5.88 Å². The fourth-order valence-corrected chi connectivity index (χ4v) is 4.19. The second-order valence-electron chi connectivity index (χ2n) is 8.44. The van der Waals surface area contributed by atoms with Crippen LogP contribution in [0.15, 0.2) is 85.1 Å². The van der Waals surface area contributed by atoms with Crippen molar-refractivity contribution in [1.82, 2.24) is 14.9 Å². The molecule has 1 aliphatic heterocycles. The minimum Gasteiger partial charge on any atom is -0.437 e. The molecule has 0 spiro atoms. The molecule has 1 saturated heterocycles. The van der Waals surface area contributed by atoms with E-state index in [0.717, 1.165) is 38.4 Å². The van der Waals surface area contributed by atoms with Gasteiger partial charge in [-0.1, -0.05) is 48.0 Å². The highest BCUT2D eigenvalue weighted by molar-refractivity contribution is 6.31. The number of hydrogen-bond acceptors (Lipinski definition) is 7. The third-order valence-corrected chi connectivity index (χ3v) is 6.15. The van der Waals surface area contributed by atoms with Crippen LogP contribution >= 0.6 is 11.6 Å². The van der Waals surface area contributed by atoms with Crippen LogP contribution in [0.25, 0.3) is 0 Å². The summed E-state index contributed by atoms with van der Waals surface area (Å²) in [7, 11) is 0. The lowest BCUT2D eigenvalue weighted by atomic mass is 10.2. The summed E-state index contributed by atoms with van der Waals surface area (Å²) in [6.45, 7) is 5.10. The molecule has 0 amide bonds. The summed E-state index contributed by atoms with van der Waals surface area (Å²) in [5.41, 5.74) is 9.88. The summed E-state index contributed by atoms with van der Waals surface area (Å²) >= 11 is 6.23. The smallest absolute Gasteiger partial charge is 0.243 e. The second kappa shape index (κ2) is 10.6. The van der Waals surface area contributed by atoms with Crippen LogP contribution in [0, 0.1) is 0 Å². The molecule has 1 aliphatic rings. The molecule has 1 aromatic heterocycles. The maximum atomic E-state index is 6.23. The Bertz CT molecular complexity index is 1260. The molecule has 8 heteroatoms. The quantitative estimate of drug-likeness (QED) is 0.330. The number of nitrogen functional groups attached to an aromatic ring is 1. The Morgan fingerprint density at radius 3 is 2.43 bits per heavy atom. The van der Waals surface area contributed by atoms with E-state index >= 15 is 0 Å². The fourth-order valence-electron chi connectivity index (χ4n) is 4.06. The van der Waals surface area contributed by atoms with E-state index in [1.54, 1.807) is 18.2 Å². The lowest BCUT2D eigenvalue weighted by molar-refractivity contribution is 0.250. The Morgan fingerprint density at radius 2 is 1.69 bits per heavy atom. The zero-order valence-corrected chi connectivity index (χ0v) is 20.0. The van der Waals surface area contributed by atoms with Gasteiger partial charge in [-0.25, -0.2) is 4.98 Å². The molecule has 3 N–H and O–H groups in total. The van der Waals surface area contributed by atoms with Crippen molar-refractivity contribution < 1.29 is 4.74 Å². The average Bonchev–Trinajstić information content (AvgIpc) is 2.88. The van der Waals surface area contributed by atoms with Crippen molar-refractivity contribution in [3.63, 3.8) is 0 Å². The Balaban J connectivity index is 1.18. The van der Waals surface area contributed by atoms with Gasteiger partial charge in [0, 0.05) is 55.9 Å². The van der Waals surface area contributed by atoms with Crippen LogP contribution in [0.4, 0.5) is 23.0 Å². The van der Waals surface area contributed by atoms with Gasteiger partial charge in [0.15, 0.2) is 0 Å². The Morgan fingerprint density at radius 1 is 0.914 bits per heavy atom. The van der Waals surface area contributed by atoms with Crippen molar-refractivity contribution in [2.75, 3.05) is 42.1 Å². The van der Waals surface area contributed by atoms with E-state index < -0.39 is 0 Å². The van der Waals surface area contributed by atoms with Crippen molar-refractivity contribution >= 4 is 34.6 Å². The monoisotopic (exact) mass is 486 g/mol. The van der Waals surface area contributed by atoms with Crippen molar-refractivity contribution in [2.24, 2.45) is 0 Å². The van der Waals surface area contributed by atoms with Gasteiger partial charge in [-0.2, -0.15) is 4.98 Å². The highest BCUT2D eigenvalue weighted by atomic mass is 35.5. The van der Waals surface area contributed by atoms with Crippen LogP contribution in [0.3, 0.4) is 0 Å². The first-order chi connectivity index (χ1) is 17.1. The number of hydrogen-bond donors (Lipinski definition) is 2. The number of rotatable bonds is 7. The molecule has 0 bridgehead atoms. The number of nitrogens with zero attached hydrogens (tertiary/aromatic N) is 4. The predicted octanol–water partition coefficient (Wildman–Crippen LogP) is 5.57. The number of ether oxygens (including phenoxy) is 1. The number of piperazine rings is 1. The minimum atomic E-state index is 0.264. The summed E-state index contributed by atoms with van der Waals surface area (Å²) in [5.74, 6) is 1.22. The van der Waals surface area contributed by atoms with Gasteiger partial charge in [0.05, 0.1) is 6.20 Å². The number of halogens is 1. The average molecular weight is 487 g/mol. The van der Waals surface area contributed by atoms with E-state index in [1.807, 2.05) is 18.2 Å². The number of nitrogens with one attached hydrogen (secondary N) is 1. The molecule has 35 heavy (non-hydrogen) atoms. The molecule has 5 rings (SSSR count). The lowest BCUT2D eigenvalue weighted by Crippen LogP contribution is -2.45. The highest BCUT2D eigenvalue weighted by Gasteiger charge is 2.17. The van der Waals surface area contributed by atoms with Gasteiger partial charge in [0.25, 0.3) is 0 Å². The summed E-state index contributed by atoms with van der Waals surface area (Å²) in [4.78, 5) is 13.6. The number of nitrogens with two attached hydrogens (primary N) is 1. The Kier molecular flexibility index (Phi) is 6.97. The van der Waals surface area contributed by atoms with Crippen LogP contribution < -0.4 is 20.7 Å². The molecule has 0 atom stereocenters. The Labute approximate surface area is 210 Å². The molecule has 0 unspecified atom stereocenters. The third-order valence-electron chi connectivity index (χ3n) is 5.89. The molecule has 0 saturated carbocycles. The molecule has 4 aromatic rings. The normalized spacial score (nSPS) is 14.0. The zero-order valence-electron chi connectivity index (χ0n) is 19.3. The SMILES string of the molecule is Nc1cccc(Oc2nc(Nc3ccc(N4CCN(Cc5ccccc5)CC4)cc3)ncc2Cl)c1. The summed E-state index contributed by atoms with van der Waals surface area (Å²) in [6.07, 6.45) is 1.52. The van der Waals surface area contributed by atoms with Crippen molar-refractivity contribution in [1.29, 1.82) is 0 Å². The van der Waals surface area contributed by atoms with Crippen LogP contribution in [0.5, 0.6) is 11.6 Å². The number of benzene rings is 3. The van der Waals surface area contributed by atoms with E-state index in [2.05, 4.69) is 67.5 Å². The predicted molar refractivity (Wildman–Crippen MR) is 142 cm³/mol. The van der Waals surface area contributed by atoms with Gasteiger partial charge in [-0.15, -0.1) is 0 Å². The summed E-state index contributed by atoms with van der Waals surface area (Å²) in [5, 5.41) is 3.54. The largest absolute Gasteiger partial charge is 0.437 e. The van der Waals surface area contributed by atoms with Gasteiger partial charge in [-0.3, -0.25) is 4.90 Å². The lowest BCUT2D eigenvalue weighted by Gasteiger charge is -2.36.